The third kappa shape index (κ3) is 3.98. The quantitative estimate of drug-likeness (QED) is 0.554. The number of hydrogen-bond acceptors (Lipinski definition) is 3. The number of thiophene rings is 1. The minimum Gasteiger partial charge on any atom is -0.434 e. The molecule has 1 aromatic carbocycles. The molecule has 6 heteroatoms. The Kier molecular flexibility index (Phi) is 5.03. The highest BCUT2D eigenvalue weighted by atomic mass is 79.9. The summed E-state index contributed by atoms with van der Waals surface area (Å²) in [6, 6.07) is 8.01. The Morgan fingerprint density at radius 3 is 2.75 bits per heavy atom. The van der Waals surface area contributed by atoms with E-state index in [4.69, 9.17) is 0 Å². The van der Waals surface area contributed by atoms with E-state index in [2.05, 4.69) is 20.7 Å². The van der Waals surface area contributed by atoms with Gasteiger partial charge in [-0.15, -0.1) is 11.3 Å². The fourth-order valence-electron chi connectivity index (χ4n) is 1.51. The van der Waals surface area contributed by atoms with Crippen molar-refractivity contribution in [3.05, 3.63) is 56.7 Å². The van der Waals surface area contributed by atoms with Crippen LogP contribution in [0, 0.1) is 0 Å². The zero-order valence-corrected chi connectivity index (χ0v) is 12.5. The van der Waals surface area contributed by atoms with Crippen molar-refractivity contribution >= 4 is 39.1 Å². The van der Waals surface area contributed by atoms with E-state index in [-0.39, 0.29) is 11.5 Å². The Morgan fingerprint density at radius 1 is 1.35 bits per heavy atom. The summed E-state index contributed by atoms with van der Waals surface area (Å²) in [6.07, 6.45) is 2.81. The monoisotopic (exact) mass is 358 g/mol. The van der Waals surface area contributed by atoms with Crippen molar-refractivity contribution in [3.8, 4) is 5.75 Å². The van der Waals surface area contributed by atoms with Crippen LogP contribution < -0.4 is 4.74 Å². The van der Waals surface area contributed by atoms with E-state index < -0.39 is 6.61 Å². The first-order valence-corrected chi connectivity index (χ1v) is 7.24. The lowest BCUT2D eigenvalue weighted by molar-refractivity contribution is -0.0499. The van der Waals surface area contributed by atoms with Gasteiger partial charge in [-0.25, -0.2) is 0 Å². The lowest BCUT2D eigenvalue weighted by Crippen LogP contribution is -2.03. The number of alkyl halides is 2. The first-order valence-electron chi connectivity index (χ1n) is 5.56. The van der Waals surface area contributed by atoms with Crippen molar-refractivity contribution in [1.29, 1.82) is 0 Å². The molecule has 0 aliphatic heterocycles. The van der Waals surface area contributed by atoms with Gasteiger partial charge in [0, 0.05) is 15.4 Å². The van der Waals surface area contributed by atoms with E-state index in [0.717, 1.165) is 4.47 Å². The molecular formula is C14H9BrF2O2S. The van der Waals surface area contributed by atoms with Gasteiger partial charge in [0.2, 0.25) is 0 Å². The normalized spacial score (nSPS) is 11.2. The molecule has 0 amide bonds. The molecule has 0 spiro atoms. The second-order valence-electron chi connectivity index (χ2n) is 3.74. The number of allylic oxidation sites excluding steroid dienone is 1. The molecule has 0 saturated heterocycles. The number of benzene rings is 1. The lowest BCUT2D eigenvalue weighted by Gasteiger charge is -2.06. The van der Waals surface area contributed by atoms with E-state index in [1.54, 1.807) is 29.6 Å². The number of ether oxygens (including phenoxy) is 1. The van der Waals surface area contributed by atoms with Crippen LogP contribution in [0.15, 0.2) is 46.3 Å². The molecule has 0 unspecified atom stereocenters. The van der Waals surface area contributed by atoms with Crippen LogP contribution in [0.4, 0.5) is 8.78 Å². The summed E-state index contributed by atoms with van der Waals surface area (Å²) in [4.78, 5) is 12.4. The van der Waals surface area contributed by atoms with Crippen LogP contribution in [-0.4, -0.2) is 12.4 Å². The third-order valence-electron chi connectivity index (χ3n) is 2.36. The highest BCUT2D eigenvalue weighted by Gasteiger charge is 2.08. The predicted octanol–water partition coefficient (Wildman–Crippen LogP) is 5.01. The van der Waals surface area contributed by atoms with E-state index in [1.165, 1.54) is 29.6 Å². The minimum atomic E-state index is -2.89. The van der Waals surface area contributed by atoms with E-state index in [9.17, 15) is 13.6 Å². The molecule has 2 nitrogen and oxygen atoms in total. The number of carbonyl (C=O) groups excluding carboxylic acids is 1. The number of hydrogen-bond donors (Lipinski definition) is 0. The maximum Gasteiger partial charge on any atom is 0.387 e. The van der Waals surface area contributed by atoms with Crippen LogP contribution >= 0.6 is 27.3 Å². The van der Waals surface area contributed by atoms with Crippen LogP contribution in [0.3, 0.4) is 0 Å². The first-order chi connectivity index (χ1) is 9.56. The molecule has 0 N–H and O–H groups in total. The molecule has 0 saturated carbocycles. The lowest BCUT2D eigenvalue weighted by atomic mass is 10.1. The molecule has 2 rings (SSSR count). The highest BCUT2D eigenvalue weighted by Crippen LogP contribution is 2.23. The summed E-state index contributed by atoms with van der Waals surface area (Å²) in [6.45, 7) is -2.89. The Labute approximate surface area is 126 Å². The zero-order valence-electron chi connectivity index (χ0n) is 10.1. The summed E-state index contributed by atoms with van der Waals surface area (Å²) >= 11 is 4.57. The molecule has 0 radical (unpaired) electrons. The van der Waals surface area contributed by atoms with Gasteiger partial charge >= 0.3 is 6.61 Å². The van der Waals surface area contributed by atoms with Gasteiger partial charge in [0.1, 0.15) is 5.75 Å². The Morgan fingerprint density at radius 2 is 2.10 bits per heavy atom. The maximum absolute atomic E-state index is 12.3. The van der Waals surface area contributed by atoms with Crippen molar-refractivity contribution in [3.63, 3.8) is 0 Å². The second kappa shape index (κ2) is 6.76. The Bertz CT molecular complexity index is 638. The topological polar surface area (TPSA) is 26.3 Å². The SMILES string of the molecule is O=C(/C=C/c1ccccc1OC(F)F)c1cc(Br)cs1. The van der Waals surface area contributed by atoms with Gasteiger partial charge in [-0.05, 0) is 40.2 Å². The third-order valence-corrected chi connectivity index (χ3v) is 4.07. The van der Waals surface area contributed by atoms with Gasteiger partial charge in [-0.2, -0.15) is 8.78 Å². The molecule has 1 aromatic heterocycles. The summed E-state index contributed by atoms with van der Waals surface area (Å²) in [5.74, 6) is -0.147. The number of carbonyl (C=O) groups is 1. The van der Waals surface area contributed by atoms with Crippen molar-refractivity contribution in [2.24, 2.45) is 0 Å². The molecule has 0 bridgehead atoms. The maximum atomic E-state index is 12.3. The van der Waals surface area contributed by atoms with Gasteiger partial charge in [0.05, 0.1) is 4.88 Å². The molecule has 20 heavy (non-hydrogen) atoms. The van der Waals surface area contributed by atoms with Gasteiger partial charge in [0.25, 0.3) is 0 Å². The fraction of sp³-hybridized carbons (Fsp3) is 0.0714. The van der Waals surface area contributed by atoms with E-state index in [1.807, 2.05) is 0 Å². The Balaban J connectivity index is 2.17. The van der Waals surface area contributed by atoms with Crippen molar-refractivity contribution < 1.29 is 18.3 Å². The van der Waals surface area contributed by atoms with Gasteiger partial charge in [-0.1, -0.05) is 18.2 Å². The van der Waals surface area contributed by atoms with Crippen LogP contribution in [-0.2, 0) is 0 Å². The smallest absolute Gasteiger partial charge is 0.387 e. The van der Waals surface area contributed by atoms with Crippen LogP contribution in [0.5, 0.6) is 5.75 Å². The van der Waals surface area contributed by atoms with Gasteiger partial charge in [-0.3, -0.25) is 4.79 Å². The number of para-hydroxylation sites is 1. The molecule has 0 aliphatic carbocycles. The standard InChI is InChI=1S/C14H9BrF2O2S/c15-10-7-13(20-8-10)11(18)6-5-9-3-1-2-4-12(9)19-14(16)17/h1-8,14H/b6-5+. The molecule has 0 atom stereocenters. The number of rotatable bonds is 5. The molecule has 2 aromatic rings. The minimum absolute atomic E-state index is 0.0407. The van der Waals surface area contributed by atoms with Crippen LogP contribution in [0.2, 0.25) is 0 Å². The van der Waals surface area contributed by atoms with Crippen molar-refractivity contribution in [2.75, 3.05) is 0 Å². The van der Waals surface area contributed by atoms with Crippen LogP contribution in [0.25, 0.3) is 6.08 Å². The van der Waals surface area contributed by atoms with Crippen molar-refractivity contribution in [1.82, 2.24) is 0 Å². The summed E-state index contributed by atoms with van der Waals surface area (Å²) in [7, 11) is 0. The highest BCUT2D eigenvalue weighted by molar-refractivity contribution is 9.10. The number of halogens is 3. The average molecular weight is 359 g/mol. The summed E-state index contributed by atoms with van der Waals surface area (Å²) in [5.41, 5.74) is 0.428. The van der Waals surface area contributed by atoms with Gasteiger partial charge < -0.3 is 4.74 Å². The summed E-state index contributed by atoms with van der Waals surface area (Å²) < 4.78 is 29.7. The largest absolute Gasteiger partial charge is 0.434 e. The number of ketones is 1. The summed E-state index contributed by atoms with van der Waals surface area (Å²) in [5, 5.41) is 1.80. The average Bonchev–Trinajstić information content (AvgIpc) is 2.83. The Hall–Kier alpha value is -1.53. The molecule has 0 fully saturated rings. The van der Waals surface area contributed by atoms with Crippen molar-refractivity contribution in [2.45, 2.75) is 6.61 Å². The molecular weight excluding hydrogens is 350 g/mol. The molecule has 1 heterocycles. The predicted molar refractivity (Wildman–Crippen MR) is 78.5 cm³/mol. The van der Waals surface area contributed by atoms with Crippen LogP contribution in [0.1, 0.15) is 15.2 Å². The second-order valence-corrected chi connectivity index (χ2v) is 5.57. The van der Waals surface area contributed by atoms with E-state index >= 15 is 0 Å². The molecule has 0 aliphatic rings. The van der Waals surface area contributed by atoms with E-state index in [0.29, 0.717) is 10.4 Å². The van der Waals surface area contributed by atoms with Gasteiger partial charge in [0.15, 0.2) is 5.78 Å². The fourth-order valence-corrected chi connectivity index (χ4v) is 2.86. The first kappa shape index (κ1) is 14.9. The molecule has 104 valence electrons. The zero-order chi connectivity index (χ0) is 14.5.